The molecule has 0 aliphatic carbocycles. The van der Waals surface area contributed by atoms with E-state index in [4.69, 9.17) is 10.7 Å². The van der Waals surface area contributed by atoms with Gasteiger partial charge < -0.3 is 5.73 Å². The molecule has 1 aliphatic rings. The van der Waals surface area contributed by atoms with Crippen LogP contribution in [0.4, 0.5) is 5.82 Å². The first-order valence-corrected chi connectivity index (χ1v) is 9.28. The maximum Gasteiger partial charge on any atom is 0.144 e. The number of nitrogens with zero attached hydrogens (tertiary/aromatic N) is 2. The van der Waals surface area contributed by atoms with Crippen molar-refractivity contribution in [2.75, 3.05) is 11.5 Å². The van der Waals surface area contributed by atoms with Gasteiger partial charge in [0.2, 0.25) is 0 Å². The summed E-state index contributed by atoms with van der Waals surface area (Å²) in [5.41, 5.74) is 7.03. The van der Waals surface area contributed by atoms with Gasteiger partial charge in [0.05, 0.1) is 15.4 Å². The third kappa shape index (κ3) is 3.39. The summed E-state index contributed by atoms with van der Waals surface area (Å²) in [6, 6.07) is 0. The zero-order valence-corrected chi connectivity index (χ0v) is 14.9. The van der Waals surface area contributed by atoms with Gasteiger partial charge in [-0.2, -0.15) is 11.8 Å². The molecule has 0 saturated carbocycles. The SMILES string of the molecule is CC(C)c1nc(C2CSC(C)C(C)S2)nc(N)c1Br. The molecule has 1 aromatic heterocycles. The number of hydrogen-bond donors (Lipinski definition) is 1. The predicted molar refractivity (Wildman–Crippen MR) is 89.9 cm³/mol. The van der Waals surface area contributed by atoms with E-state index < -0.39 is 0 Å². The molecule has 3 atom stereocenters. The van der Waals surface area contributed by atoms with Crippen LogP contribution in [0.5, 0.6) is 0 Å². The minimum atomic E-state index is 0.344. The molecule has 6 heteroatoms. The Morgan fingerprint density at radius 1 is 1.26 bits per heavy atom. The molecule has 0 aromatic carbocycles. The highest BCUT2D eigenvalue weighted by Crippen LogP contribution is 2.44. The van der Waals surface area contributed by atoms with Gasteiger partial charge in [-0.1, -0.05) is 27.7 Å². The molecule has 0 spiro atoms. The van der Waals surface area contributed by atoms with Crippen molar-refractivity contribution < 1.29 is 0 Å². The van der Waals surface area contributed by atoms with Gasteiger partial charge in [0.1, 0.15) is 11.6 Å². The second kappa shape index (κ2) is 6.22. The lowest BCUT2D eigenvalue weighted by molar-refractivity contribution is 0.774. The molecule has 1 saturated heterocycles. The maximum atomic E-state index is 6.01. The lowest BCUT2D eigenvalue weighted by Gasteiger charge is -2.30. The minimum Gasteiger partial charge on any atom is -0.383 e. The number of nitrogens with two attached hydrogens (primary N) is 1. The molecule has 106 valence electrons. The molecule has 0 amide bonds. The minimum absolute atomic E-state index is 0.344. The molecule has 2 N–H and O–H groups in total. The Balaban J connectivity index is 2.30. The lowest BCUT2D eigenvalue weighted by Crippen LogP contribution is -2.23. The van der Waals surface area contributed by atoms with E-state index in [0.29, 0.717) is 27.5 Å². The van der Waals surface area contributed by atoms with Crippen molar-refractivity contribution in [3.63, 3.8) is 0 Å². The van der Waals surface area contributed by atoms with Crippen molar-refractivity contribution in [2.45, 2.75) is 49.4 Å². The smallest absolute Gasteiger partial charge is 0.144 e. The van der Waals surface area contributed by atoms with Gasteiger partial charge in [0.25, 0.3) is 0 Å². The molecule has 0 radical (unpaired) electrons. The highest BCUT2D eigenvalue weighted by molar-refractivity contribution is 9.10. The summed E-state index contributed by atoms with van der Waals surface area (Å²) >= 11 is 7.46. The van der Waals surface area contributed by atoms with E-state index in [0.717, 1.165) is 21.7 Å². The van der Waals surface area contributed by atoms with Crippen LogP contribution in [0.25, 0.3) is 0 Å². The second-order valence-electron chi connectivity index (χ2n) is 5.19. The Morgan fingerprint density at radius 2 is 1.95 bits per heavy atom. The van der Waals surface area contributed by atoms with Gasteiger partial charge in [-0.3, -0.25) is 0 Å². The molecule has 3 unspecified atom stereocenters. The zero-order chi connectivity index (χ0) is 14.2. The van der Waals surface area contributed by atoms with Crippen LogP contribution in [-0.4, -0.2) is 26.2 Å². The first-order valence-electron chi connectivity index (χ1n) is 6.50. The van der Waals surface area contributed by atoms with E-state index in [9.17, 15) is 0 Å². The highest BCUT2D eigenvalue weighted by atomic mass is 79.9. The molecule has 19 heavy (non-hydrogen) atoms. The van der Waals surface area contributed by atoms with Crippen LogP contribution in [0.3, 0.4) is 0 Å². The van der Waals surface area contributed by atoms with Crippen LogP contribution < -0.4 is 5.73 Å². The highest BCUT2D eigenvalue weighted by Gasteiger charge is 2.29. The summed E-state index contributed by atoms with van der Waals surface area (Å²) in [4.78, 5) is 9.23. The summed E-state index contributed by atoms with van der Waals surface area (Å²) in [5.74, 6) is 2.86. The number of anilines is 1. The van der Waals surface area contributed by atoms with Gasteiger partial charge in [-0.15, -0.1) is 11.8 Å². The monoisotopic (exact) mass is 361 g/mol. The first kappa shape index (κ1) is 15.4. The van der Waals surface area contributed by atoms with Crippen molar-refractivity contribution in [1.29, 1.82) is 0 Å². The number of thioether (sulfide) groups is 2. The summed E-state index contributed by atoms with van der Waals surface area (Å²) in [6.45, 7) is 8.82. The van der Waals surface area contributed by atoms with Crippen molar-refractivity contribution in [2.24, 2.45) is 0 Å². The normalized spacial score (nSPS) is 27.8. The Bertz CT molecular complexity index is 467. The van der Waals surface area contributed by atoms with Crippen molar-refractivity contribution >= 4 is 45.3 Å². The van der Waals surface area contributed by atoms with Crippen molar-refractivity contribution in [3.05, 3.63) is 16.0 Å². The van der Waals surface area contributed by atoms with Gasteiger partial charge in [-0.05, 0) is 21.8 Å². The summed E-state index contributed by atoms with van der Waals surface area (Å²) in [7, 11) is 0. The number of nitrogen functional groups attached to an aromatic ring is 1. The first-order chi connectivity index (χ1) is 8.90. The number of aromatic nitrogens is 2. The van der Waals surface area contributed by atoms with Gasteiger partial charge in [-0.25, -0.2) is 9.97 Å². The topological polar surface area (TPSA) is 51.8 Å². The molecule has 1 fully saturated rings. The number of hydrogen-bond acceptors (Lipinski definition) is 5. The van der Waals surface area contributed by atoms with Crippen LogP contribution >= 0.6 is 39.5 Å². The Kier molecular flexibility index (Phi) is 5.06. The fourth-order valence-electron chi connectivity index (χ4n) is 1.95. The van der Waals surface area contributed by atoms with E-state index in [-0.39, 0.29) is 0 Å². The molecule has 3 nitrogen and oxygen atoms in total. The molecule has 2 heterocycles. The average Bonchev–Trinajstić information content (AvgIpc) is 2.35. The van der Waals surface area contributed by atoms with Crippen LogP contribution in [0, 0.1) is 0 Å². The quantitative estimate of drug-likeness (QED) is 0.853. The van der Waals surface area contributed by atoms with Crippen molar-refractivity contribution in [3.8, 4) is 0 Å². The number of halogens is 1. The largest absolute Gasteiger partial charge is 0.383 e. The third-order valence-corrected chi connectivity index (χ3v) is 7.50. The van der Waals surface area contributed by atoms with E-state index in [1.807, 2.05) is 23.5 Å². The van der Waals surface area contributed by atoms with Crippen LogP contribution in [0.15, 0.2) is 4.47 Å². The molecule has 1 aromatic rings. The van der Waals surface area contributed by atoms with Gasteiger partial charge in [0, 0.05) is 16.3 Å². The van der Waals surface area contributed by atoms with Crippen LogP contribution in [-0.2, 0) is 0 Å². The summed E-state index contributed by atoms with van der Waals surface area (Å²) in [6.07, 6.45) is 0. The second-order valence-corrected chi connectivity index (χ2v) is 8.98. The number of rotatable bonds is 2. The van der Waals surface area contributed by atoms with E-state index in [2.05, 4.69) is 48.6 Å². The van der Waals surface area contributed by atoms with E-state index in [1.54, 1.807) is 0 Å². The summed E-state index contributed by atoms with van der Waals surface area (Å²) < 4.78 is 0.848. The fraction of sp³-hybridized carbons (Fsp3) is 0.692. The van der Waals surface area contributed by atoms with Crippen LogP contribution in [0.2, 0.25) is 0 Å². The fourth-order valence-corrected chi connectivity index (χ4v) is 5.43. The predicted octanol–water partition coefficient (Wildman–Crippen LogP) is 4.24. The van der Waals surface area contributed by atoms with Crippen molar-refractivity contribution in [1.82, 2.24) is 9.97 Å². The van der Waals surface area contributed by atoms with Gasteiger partial charge in [0.15, 0.2) is 0 Å². The summed E-state index contributed by atoms with van der Waals surface area (Å²) in [5, 5.41) is 1.67. The zero-order valence-electron chi connectivity index (χ0n) is 11.7. The molecular weight excluding hydrogens is 342 g/mol. The molecular formula is C13H20BrN3S2. The maximum absolute atomic E-state index is 6.01. The Morgan fingerprint density at radius 3 is 2.53 bits per heavy atom. The Labute approximate surface area is 132 Å². The lowest BCUT2D eigenvalue weighted by atomic mass is 10.1. The van der Waals surface area contributed by atoms with E-state index >= 15 is 0 Å². The van der Waals surface area contributed by atoms with Gasteiger partial charge >= 0.3 is 0 Å². The Hall–Kier alpha value is 0.0600. The van der Waals surface area contributed by atoms with Crippen LogP contribution in [0.1, 0.15) is 50.4 Å². The molecule has 0 bridgehead atoms. The third-order valence-electron chi connectivity index (χ3n) is 3.31. The standard InChI is InChI=1S/C13H20BrN3S2/c1-6(2)11-10(14)12(15)17-13(16-11)9-5-18-7(3)8(4)19-9/h6-9H,5H2,1-4H3,(H2,15,16,17). The molecule has 1 aliphatic heterocycles. The average molecular weight is 362 g/mol. The molecule has 2 rings (SSSR count). The van der Waals surface area contributed by atoms with E-state index in [1.165, 1.54) is 0 Å².